The van der Waals surface area contributed by atoms with Crippen LogP contribution in [0.25, 0.3) is 11.9 Å². The molecular formula is C27H29F2N5O2S. The molecule has 2 fully saturated rings. The second-order valence-electron chi connectivity index (χ2n) is 9.51. The van der Waals surface area contributed by atoms with Crippen LogP contribution in [0.2, 0.25) is 0 Å². The highest BCUT2D eigenvalue weighted by Crippen LogP contribution is 2.54. The van der Waals surface area contributed by atoms with Crippen molar-refractivity contribution in [2.75, 3.05) is 19.8 Å². The molecule has 5 rings (SSSR count). The number of pyridine rings is 1. The lowest BCUT2D eigenvalue weighted by Gasteiger charge is -2.35. The summed E-state index contributed by atoms with van der Waals surface area (Å²) in [6.45, 7) is 6.33. The number of halogens is 2. The molecular weight excluding hydrogens is 496 g/mol. The average Bonchev–Trinajstić information content (AvgIpc) is 3.69. The fraction of sp³-hybridized carbons (Fsp3) is 0.407. The molecule has 3 heterocycles. The fourth-order valence-corrected chi connectivity index (χ4v) is 5.54. The van der Waals surface area contributed by atoms with Gasteiger partial charge in [-0.05, 0) is 54.2 Å². The summed E-state index contributed by atoms with van der Waals surface area (Å²) in [7, 11) is 0. The molecule has 1 aliphatic carbocycles. The first-order valence-corrected chi connectivity index (χ1v) is 13.0. The van der Waals surface area contributed by atoms with Crippen LogP contribution in [0.1, 0.15) is 48.7 Å². The van der Waals surface area contributed by atoms with Crippen LogP contribution in [-0.2, 0) is 9.53 Å². The Balaban J connectivity index is 0.000000245. The number of morpholine rings is 1. The number of hydrogen-bond acceptors (Lipinski definition) is 7. The Morgan fingerprint density at radius 1 is 1.35 bits per heavy atom. The number of benzene rings is 1. The summed E-state index contributed by atoms with van der Waals surface area (Å²) in [5, 5.41) is 9.64. The number of nitriles is 1. The van der Waals surface area contributed by atoms with E-state index in [1.54, 1.807) is 6.07 Å². The number of carbonyl (C=O) groups is 1. The van der Waals surface area contributed by atoms with E-state index in [1.165, 1.54) is 48.3 Å². The lowest BCUT2D eigenvalue weighted by atomic mass is 9.99. The Morgan fingerprint density at radius 3 is 2.81 bits per heavy atom. The Bertz CT molecular complexity index is 1230. The van der Waals surface area contributed by atoms with Gasteiger partial charge in [-0.2, -0.15) is 5.26 Å². The van der Waals surface area contributed by atoms with Crippen LogP contribution in [0.4, 0.5) is 8.78 Å². The molecule has 1 amide bonds. The highest BCUT2D eigenvalue weighted by atomic mass is 32.2. The van der Waals surface area contributed by atoms with Gasteiger partial charge in [-0.15, -0.1) is 0 Å². The Kier molecular flexibility index (Phi) is 8.56. The van der Waals surface area contributed by atoms with Crippen molar-refractivity contribution < 1.29 is 18.3 Å². The number of nitrogens with zero attached hydrogens (tertiary/aromatic N) is 4. The van der Waals surface area contributed by atoms with Crippen molar-refractivity contribution in [3.63, 3.8) is 0 Å². The summed E-state index contributed by atoms with van der Waals surface area (Å²) >= 11 is 1.54. The summed E-state index contributed by atoms with van der Waals surface area (Å²) in [4.78, 5) is 20.7. The molecule has 0 bridgehead atoms. The van der Waals surface area contributed by atoms with Crippen molar-refractivity contribution in [2.24, 2.45) is 22.6 Å². The molecule has 4 atom stereocenters. The highest BCUT2D eigenvalue weighted by molar-refractivity contribution is 8.14. The molecule has 0 radical (unpaired) electrons. The molecule has 2 N–H and O–H groups in total. The molecule has 0 spiro atoms. The number of aromatic nitrogens is 1. The standard InChI is InChI=1S/C19H14F2N4S.C8H15NO2/c20-14-3-1-10(6-15(21)16-4-2-11(8-22)9-24-16)5-12(14)18-13-7-17(13)26-19(23)25-18;1-7(2)8-5-11-4-3-9(8)6-10/h1-6,9,13,17-18H,7H2,(H2,23,25);6-8H,3-5H2,1-2H3/b15-6-;. The van der Waals surface area contributed by atoms with Crippen molar-refractivity contribution in [2.45, 2.75) is 37.6 Å². The van der Waals surface area contributed by atoms with Crippen LogP contribution >= 0.6 is 11.8 Å². The van der Waals surface area contributed by atoms with Crippen molar-refractivity contribution >= 4 is 35.2 Å². The molecule has 3 aliphatic rings. The summed E-state index contributed by atoms with van der Waals surface area (Å²) in [5.41, 5.74) is 7.27. The average molecular weight is 526 g/mol. The number of hydrogen-bond donors (Lipinski definition) is 1. The van der Waals surface area contributed by atoms with Gasteiger partial charge in [-0.1, -0.05) is 31.7 Å². The van der Waals surface area contributed by atoms with Crippen LogP contribution in [0.15, 0.2) is 41.5 Å². The Hall–Kier alpha value is -3.29. The largest absolute Gasteiger partial charge is 0.379 e. The van der Waals surface area contributed by atoms with Gasteiger partial charge in [0.1, 0.15) is 17.7 Å². The van der Waals surface area contributed by atoms with Gasteiger partial charge in [0, 0.05) is 23.6 Å². The lowest BCUT2D eigenvalue weighted by Crippen LogP contribution is -2.47. The smallest absolute Gasteiger partial charge is 0.210 e. The van der Waals surface area contributed by atoms with E-state index in [2.05, 4.69) is 23.8 Å². The zero-order valence-corrected chi connectivity index (χ0v) is 21.5. The predicted octanol–water partition coefficient (Wildman–Crippen LogP) is 4.55. The number of carbonyl (C=O) groups excluding carboxylic acids is 1. The van der Waals surface area contributed by atoms with Gasteiger partial charge in [-0.25, -0.2) is 8.78 Å². The van der Waals surface area contributed by atoms with E-state index in [0.717, 1.165) is 19.4 Å². The molecule has 7 nitrogen and oxygen atoms in total. The van der Waals surface area contributed by atoms with Crippen LogP contribution < -0.4 is 5.73 Å². The van der Waals surface area contributed by atoms with Gasteiger partial charge < -0.3 is 15.4 Å². The summed E-state index contributed by atoms with van der Waals surface area (Å²) in [5.74, 6) is -0.150. The molecule has 4 unspecified atom stereocenters. The molecule has 1 saturated carbocycles. The van der Waals surface area contributed by atoms with E-state index < -0.39 is 5.83 Å². The first-order valence-electron chi connectivity index (χ1n) is 12.1. The summed E-state index contributed by atoms with van der Waals surface area (Å²) in [6, 6.07) is 9.28. The number of rotatable bonds is 5. The minimum atomic E-state index is -0.557. The minimum absolute atomic E-state index is 0.119. The first-order chi connectivity index (χ1) is 17.8. The third kappa shape index (κ3) is 6.53. The molecule has 1 aromatic carbocycles. The Labute approximate surface area is 219 Å². The maximum Gasteiger partial charge on any atom is 0.210 e. The quantitative estimate of drug-likeness (QED) is 0.575. The highest BCUT2D eigenvalue weighted by Gasteiger charge is 2.48. The molecule has 2 aliphatic heterocycles. The SMILES string of the molecule is CC(C)C1COCCN1C=O.N#Cc1ccc(/C(F)=C/c2ccc(F)c(C3N=C(N)SC4CC43)c2)nc1. The van der Waals surface area contributed by atoms with Crippen LogP contribution in [0.5, 0.6) is 0 Å². The maximum absolute atomic E-state index is 14.4. The monoisotopic (exact) mass is 525 g/mol. The van der Waals surface area contributed by atoms with Crippen molar-refractivity contribution in [3.8, 4) is 6.07 Å². The van der Waals surface area contributed by atoms with Crippen molar-refractivity contribution in [1.82, 2.24) is 9.88 Å². The van der Waals surface area contributed by atoms with Gasteiger partial charge in [0.15, 0.2) is 5.17 Å². The molecule has 2 aromatic rings. The summed E-state index contributed by atoms with van der Waals surface area (Å²) < 4.78 is 34.1. The lowest BCUT2D eigenvalue weighted by molar-refractivity contribution is -0.128. The van der Waals surface area contributed by atoms with E-state index in [4.69, 9.17) is 15.7 Å². The number of thioether (sulfide) groups is 1. The predicted molar refractivity (Wildman–Crippen MR) is 140 cm³/mol. The van der Waals surface area contributed by atoms with E-state index in [9.17, 15) is 13.6 Å². The number of nitrogens with two attached hydrogens (primary N) is 1. The number of ether oxygens (including phenoxy) is 1. The third-order valence-corrected chi connectivity index (χ3v) is 7.80. The number of amidine groups is 1. The zero-order valence-electron chi connectivity index (χ0n) is 20.7. The van der Waals surface area contributed by atoms with Crippen LogP contribution in [-0.4, -0.2) is 52.5 Å². The molecule has 1 aromatic heterocycles. The van der Waals surface area contributed by atoms with Crippen molar-refractivity contribution in [3.05, 3.63) is 64.7 Å². The van der Waals surface area contributed by atoms with Gasteiger partial charge >= 0.3 is 0 Å². The van der Waals surface area contributed by atoms with Gasteiger partial charge in [-0.3, -0.25) is 14.8 Å². The van der Waals surface area contributed by atoms with E-state index in [1.807, 2.05) is 11.0 Å². The fourth-order valence-electron chi connectivity index (χ4n) is 4.42. The molecule has 194 valence electrons. The molecule has 10 heteroatoms. The van der Waals surface area contributed by atoms with Crippen molar-refractivity contribution in [1.29, 1.82) is 5.26 Å². The maximum atomic E-state index is 14.4. The minimum Gasteiger partial charge on any atom is -0.379 e. The second kappa shape index (κ2) is 11.8. The van der Waals surface area contributed by atoms with Gasteiger partial charge in [0.2, 0.25) is 6.41 Å². The van der Waals surface area contributed by atoms with Gasteiger partial charge in [0.25, 0.3) is 0 Å². The topological polar surface area (TPSA) is 105 Å². The van der Waals surface area contributed by atoms with Crippen LogP contribution in [0.3, 0.4) is 0 Å². The van der Waals surface area contributed by atoms with Gasteiger partial charge in [0.05, 0.1) is 36.6 Å². The van der Waals surface area contributed by atoms with E-state index in [0.29, 0.717) is 46.2 Å². The number of aliphatic imine (C=N–C) groups is 1. The molecule has 37 heavy (non-hydrogen) atoms. The van der Waals surface area contributed by atoms with E-state index in [-0.39, 0.29) is 29.5 Å². The Morgan fingerprint density at radius 2 is 2.16 bits per heavy atom. The zero-order chi connectivity index (χ0) is 26.5. The normalized spacial score (nSPS) is 24.8. The second-order valence-corrected chi connectivity index (χ2v) is 10.8. The summed E-state index contributed by atoms with van der Waals surface area (Å²) in [6.07, 6.45) is 4.49. The van der Waals surface area contributed by atoms with Crippen LogP contribution in [0, 0.1) is 29.0 Å². The number of fused-ring (bicyclic) bond motifs is 1. The number of amides is 1. The molecule has 1 saturated heterocycles. The first kappa shape index (κ1) is 26.8. The third-order valence-electron chi connectivity index (χ3n) is 6.61. The van der Waals surface area contributed by atoms with E-state index >= 15 is 0 Å².